The van der Waals surface area contributed by atoms with E-state index in [9.17, 15) is 13.2 Å². The molecular formula is C13H10BrF3N2. The van der Waals surface area contributed by atoms with Gasteiger partial charge in [0, 0.05) is 15.8 Å². The minimum Gasteiger partial charge on any atom is -0.398 e. The summed E-state index contributed by atoms with van der Waals surface area (Å²) in [6.07, 6.45) is -4.46. The third kappa shape index (κ3) is 3.20. The van der Waals surface area contributed by atoms with E-state index in [1.54, 1.807) is 18.2 Å². The van der Waals surface area contributed by atoms with Gasteiger partial charge in [-0.15, -0.1) is 0 Å². The lowest BCUT2D eigenvalue weighted by molar-refractivity contribution is -0.136. The fourth-order valence-electron chi connectivity index (χ4n) is 1.60. The lowest BCUT2D eigenvalue weighted by Crippen LogP contribution is -2.09. The number of alkyl halides is 3. The molecule has 0 spiro atoms. The van der Waals surface area contributed by atoms with Crippen LogP contribution in [0.3, 0.4) is 0 Å². The molecule has 0 aliphatic carbocycles. The van der Waals surface area contributed by atoms with E-state index in [2.05, 4.69) is 21.2 Å². The van der Waals surface area contributed by atoms with Crippen LogP contribution in [-0.4, -0.2) is 0 Å². The third-order valence-corrected chi connectivity index (χ3v) is 3.20. The highest BCUT2D eigenvalue weighted by Gasteiger charge is 2.33. The lowest BCUT2D eigenvalue weighted by Gasteiger charge is -2.13. The molecule has 2 nitrogen and oxygen atoms in total. The second kappa shape index (κ2) is 5.13. The highest BCUT2D eigenvalue weighted by Crippen LogP contribution is 2.36. The Labute approximate surface area is 116 Å². The molecule has 0 aromatic heterocycles. The second-order valence-electron chi connectivity index (χ2n) is 3.90. The third-order valence-electron chi connectivity index (χ3n) is 2.51. The number of nitrogens with one attached hydrogen (secondary N) is 1. The van der Waals surface area contributed by atoms with Crippen LogP contribution in [0.25, 0.3) is 0 Å². The summed E-state index contributed by atoms with van der Waals surface area (Å²) in [6.45, 7) is 0. The average molecular weight is 331 g/mol. The minimum atomic E-state index is -4.46. The van der Waals surface area contributed by atoms with Crippen LogP contribution < -0.4 is 11.1 Å². The molecule has 0 amide bonds. The van der Waals surface area contributed by atoms with Gasteiger partial charge in [0.1, 0.15) is 0 Å². The van der Waals surface area contributed by atoms with Crippen LogP contribution in [-0.2, 0) is 6.18 Å². The number of hydrogen-bond acceptors (Lipinski definition) is 2. The van der Waals surface area contributed by atoms with E-state index in [0.29, 0.717) is 11.4 Å². The van der Waals surface area contributed by atoms with Gasteiger partial charge in [-0.3, -0.25) is 0 Å². The quantitative estimate of drug-likeness (QED) is 0.776. The molecule has 2 aromatic carbocycles. The molecular weight excluding hydrogens is 321 g/mol. The minimum absolute atomic E-state index is 0.287. The van der Waals surface area contributed by atoms with Gasteiger partial charge in [0.25, 0.3) is 0 Å². The summed E-state index contributed by atoms with van der Waals surface area (Å²) in [5.74, 6) is 0. The first-order valence-electron chi connectivity index (χ1n) is 5.36. The Morgan fingerprint density at radius 3 is 2.37 bits per heavy atom. The maximum Gasteiger partial charge on any atom is 0.418 e. The summed E-state index contributed by atoms with van der Waals surface area (Å²) in [7, 11) is 0. The standard InChI is InChI=1S/C13H10BrF3N2/c14-10-3-1-2-4-12(10)19-8-5-6-11(18)9(7-8)13(15,16)17/h1-7,19H,18H2. The molecule has 0 saturated carbocycles. The average Bonchev–Trinajstić information content (AvgIpc) is 2.33. The van der Waals surface area contributed by atoms with Crippen molar-refractivity contribution in [3.05, 3.63) is 52.5 Å². The van der Waals surface area contributed by atoms with Crippen LogP contribution in [0.1, 0.15) is 5.56 Å². The molecule has 19 heavy (non-hydrogen) atoms. The van der Waals surface area contributed by atoms with Gasteiger partial charge in [0.05, 0.1) is 11.3 Å². The zero-order valence-corrected chi connectivity index (χ0v) is 11.2. The van der Waals surface area contributed by atoms with E-state index >= 15 is 0 Å². The van der Waals surface area contributed by atoms with Gasteiger partial charge in [0.2, 0.25) is 0 Å². The van der Waals surface area contributed by atoms with Crippen molar-refractivity contribution >= 4 is 33.0 Å². The molecule has 0 heterocycles. The smallest absolute Gasteiger partial charge is 0.398 e. The van der Waals surface area contributed by atoms with Crippen molar-refractivity contribution in [2.45, 2.75) is 6.18 Å². The molecule has 0 aliphatic rings. The first kappa shape index (κ1) is 13.7. The van der Waals surface area contributed by atoms with Crippen LogP contribution in [0.5, 0.6) is 0 Å². The molecule has 0 unspecified atom stereocenters. The molecule has 0 radical (unpaired) electrons. The molecule has 0 atom stereocenters. The highest BCUT2D eigenvalue weighted by molar-refractivity contribution is 9.10. The van der Waals surface area contributed by atoms with Crippen molar-refractivity contribution < 1.29 is 13.2 Å². The summed E-state index contributed by atoms with van der Waals surface area (Å²) in [5, 5.41) is 2.91. The monoisotopic (exact) mass is 330 g/mol. The summed E-state index contributed by atoms with van der Waals surface area (Å²) >= 11 is 3.32. The van der Waals surface area contributed by atoms with Gasteiger partial charge in [-0.25, -0.2) is 0 Å². The molecule has 2 rings (SSSR count). The summed E-state index contributed by atoms with van der Waals surface area (Å²) in [5.41, 5.74) is 5.22. The SMILES string of the molecule is Nc1ccc(Nc2ccccc2Br)cc1C(F)(F)F. The normalized spacial score (nSPS) is 11.4. The van der Waals surface area contributed by atoms with Crippen LogP contribution in [0.4, 0.5) is 30.2 Å². The fraction of sp³-hybridized carbons (Fsp3) is 0.0769. The zero-order valence-electron chi connectivity index (χ0n) is 9.63. The van der Waals surface area contributed by atoms with Crippen molar-refractivity contribution in [1.29, 1.82) is 0 Å². The largest absolute Gasteiger partial charge is 0.418 e. The highest BCUT2D eigenvalue weighted by atomic mass is 79.9. The van der Waals surface area contributed by atoms with E-state index in [1.165, 1.54) is 12.1 Å². The van der Waals surface area contributed by atoms with E-state index in [4.69, 9.17) is 5.73 Å². The summed E-state index contributed by atoms with van der Waals surface area (Å²) in [6, 6.07) is 10.9. The number of rotatable bonds is 2. The van der Waals surface area contributed by atoms with E-state index in [1.807, 2.05) is 6.07 Å². The Hall–Kier alpha value is -1.69. The van der Waals surface area contributed by atoms with Gasteiger partial charge >= 0.3 is 6.18 Å². The van der Waals surface area contributed by atoms with Crippen molar-refractivity contribution in [3.8, 4) is 0 Å². The Balaban J connectivity index is 2.35. The van der Waals surface area contributed by atoms with Crippen molar-refractivity contribution in [3.63, 3.8) is 0 Å². The number of halogens is 4. The van der Waals surface area contributed by atoms with Crippen LogP contribution in [0.2, 0.25) is 0 Å². The molecule has 0 fully saturated rings. The maximum atomic E-state index is 12.7. The Morgan fingerprint density at radius 2 is 1.74 bits per heavy atom. The van der Waals surface area contributed by atoms with Gasteiger partial charge < -0.3 is 11.1 Å². The molecule has 0 bridgehead atoms. The van der Waals surface area contributed by atoms with Crippen molar-refractivity contribution in [2.75, 3.05) is 11.1 Å². The molecule has 2 aromatic rings. The van der Waals surface area contributed by atoms with Gasteiger partial charge in [-0.05, 0) is 46.3 Å². The second-order valence-corrected chi connectivity index (χ2v) is 4.76. The first-order valence-corrected chi connectivity index (χ1v) is 6.15. The van der Waals surface area contributed by atoms with E-state index in [-0.39, 0.29) is 5.69 Å². The van der Waals surface area contributed by atoms with Crippen LogP contribution in [0, 0.1) is 0 Å². The van der Waals surface area contributed by atoms with Crippen LogP contribution >= 0.6 is 15.9 Å². The summed E-state index contributed by atoms with van der Waals surface area (Å²) < 4.78 is 39.0. The van der Waals surface area contributed by atoms with Crippen molar-refractivity contribution in [1.82, 2.24) is 0 Å². The number of benzene rings is 2. The molecule has 3 N–H and O–H groups in total. The Kier molecular flexibility index (Phi) is 3.71. The van der Waals surface area contributed by atoms with E-state index in [0.717, 1.165) is 10.5 Å². The molecule has 0 aliphatic heterocycles. The first-order chi connectivity index (χ1) is 8.88. The maximum absolute atomic E-state index is 12.7. The van der Waals surface area contributed by atoms with Crippen LogP contribution in [0.15, 0.2) is 46.9 Å². The number of para-hydroxylation sites is 1. The number of hydrogen-bond donors (Lipinski definition) is 2. The molecule has 100 valence electrons. The van der Waals surface area contributed by atoms with Gasteiger partial charge in [-0.2, -0.15) is 13.2 Å². The molecule has 6 heteroatoms. The lowest BCUT2D eigenvalue weighted by atomic mass is 10.1. The Morgan fingerprint density at radius 1 is 1.05 bits per heavy atom. The number of anilines is 3. The van der Waals surface area contributed by atoms with Gasteiger partial charge in [-0.1, -0.05) is 12.1 Å². The summed E-state index contributed by atoms with van der Waals surface area (Å²) in [4.78, 5) is 0. The predicted molar refractivity (Wildman–Crippen MR) is 73.3 cm³/mol. The zero-order chi connectivity index (χ0) is 14.0. The fourth-order valence-corrected chi connectivity index (χ4v) is 1.98. The van der Waals surface area contributed by atoms with Gasteiger partial charge in [0.15, 0.2) is 0 Å². The number of nitrogens with two attached hydrogens (primary N) is 1. The van der Waals surface area contributed by atoms with Crippen molar-refractivity contribution in [2.24, 2.45) is 0 Å². The topological polar surface area (TPSA) is 38.0 Å². The number of nitrogen functional groups attached to an aromatic ring is 1. The van der Waals surface area contributed by atoms with E-state index < -0.39 is 11.7 Å². The Bertz CT molecular complexity index is 597. The molecule has 0 saturated heterocycles. The predicted octanol–water partition coefficient (Wildman–Crippen LogP) is 4.79.